The molecule has 9 heteroatoms. The van der Waals surface area contributed by atoms with Crippen LogP contribution in [0.15, 0.2) is 40.5 Å². The minimum absolute atomic E-state index is 0.131. The van der Waals surface area contributed by atoms with Crippen LogP contribution in [0, 0.1) is 5.92 Å². The van der Waals surface area contributed by atoms with Gasteiger partial charge in [-0.05, 0) is 25.5 Å². The van der Waals surface area contributed by atoms with E-state index in [-0.39, 0.29) is 18.8 Å². The third-order valence-corrected chi connectivity index (χ3v) is 6.25. The molecule has 2 atom stereocenters. The normalized spacial score (nSPS) is 21.5. The van der Waals surface area contributed by atoms with E-state index < -0.39 is 23.8 Å². The van der Waals surface area contributed by atoms with Crippen molar-refractivity contribution in [3.05, 3.63) is 46.1 Å². The Balaban J connectivity index is 1.93. The van der Waals surface area contributed by atoms with Gasteiger partial charge in [-0.25, -0.2) is 4.79 Å². The fraction of sp³-hybridized carbons (Fsp3) is 0.542. The van der Waals surface area contributed by atoms with Crippen LogP contribution in [0.4, 0.5) is 0 Å². The number of hydrogen-bond acceptors (Lipinski definition) is 8. The summed E-state index contributed by atoms with van der Waals surface area (Å²) in [5.41, 5.74) is 1.93. The maximum atomic E-state index is 13.1. The number of nitrogens with one attached hydrogen (secondary N) is 1. The Morgan fingerprint density at radius 1 is 1.24 bits per heavy atom. The molecule has 0 saturated carbocycles. The highest BCUT2D eigenvalue weighted by atomic mass is 35.5. The Morgan fingerprint density at radius 2 is 1.97 bits per heavy atom. The lowest BCUT2D eigenvalue weighted by Crippen LogP contribution is -2.44. The number of methoxy groups -OCH3 is 1. The standard InChI is InChI=1S/C24H32ClN3O5/c1-4-33-24(30)22-19(15-32-14-13-28-11-9-26-10-12-28)27-16(2)20(23(29)31-3)21(22)17-7-5-6-8-18(17)25/h5-8,20-21,26H,4,9-15H2,1-3H3. The van der Waals surface area contributed by atoms with E-state index >= 15 is 0 Å². The average Bonchev–Trinajstić information content (AvgIpc) is 2.82. The zero-order valence-electron chi connectivity index (χ0n) is 19.4. The van der Waals surface area contributed by atoms with Gasteiger partial charge in [-0.3, -0.25) is 14.7 Å². The minimum Gasteiger partial charge on any atom is -0.468 e. The molecule has 0 aliphatic carbocycles. The number of carbonyl (C=O) groups excluding carboxylic acids is 2. The van der Waals surface area contributed by atoms with Gasteiger partial charge in [0, 0.05) is 49.4 Å². The van der Waals surface area contributed by atoms with E-state index in [0.29, 0.717) is 28.6 Å². The number of carbonyl (C=O) groups is 2. The first-order chi connectivity index (χ1) is 16.0. The fourth-order valence-electron chi connectivity index (χ4n) is 4.29. The van der Waals surface area contributed by atoms with Gasteiger partial charge in [0.1, 0.15) is 5.92 Å². The summed E-state index contributed by atoms with van der Waals surface area (Å²) in [6, 6.07) is 7.17. The van der Waals surface area contributed by atoms with Crippen LogP contribution in [0.1, 0.15) is 25.3 Å². The second-order valence-electron chi connectivity index (χ2n) is 7.98. The highest BCUT2D eigenvalue weighted by molar-refractivity contribution is 6.31. The van der Waals surface area contributed by atoms with Crippen molar-refractivity contribution in [1.82, 2.24) is 10.2 Å². The van der Waals surface area contributed by atoms with Crippen molar-refractivity contribution in [3.8, 4) is 0 Å². The van der Waals surface area contributed by atoms with Crippen molar-refractivity contribution in [2.24, 2.45) is 10.9 Å². The first-order valence-corrected chi connectivity index (χ1v) is 11.6. The van der Waals surface area contributed by atoms with Gasteiger partial charge in [0.05, 0.1) is 38.2 Å². The molecule has 1 N–H and O–H groups in total. The van der Waals surface area contributed by atoms with Crippen LogP contribution in [0.25, 0.3) is 0 Å². The van der Waals surface area contributed by atoms with Crippen molar-refractivity contribution in [1.29, 1.82) is 0 Å². The van der Waals surface area contributed by atoms with Crippen LogP contribution in [0.2, 0.25) is 5.02 Å². The summed E-state index contributed by atoms with van der Waals surface area (Å²) in [6.07, 6.45) is 0. The van der Waals surface area contributed by atoms with Gasteiger partial charge in [0.25, 0.3) is 0 Å². The van der Waals surface area contributed by atoms with Gasteiger partial charge in [0.15, 0.2) is 0 Å². The first kappa shape index (κ1) is 25.4. The van der Waals surface area contributed by atoms with E-state index in [2.05, 4.69) is 15.2 Å². The summed E-state index contributed by atoms with van der Waals surface area (Å²) in [7, 11) is 1.32. The Morgan fingerprint density at radius 3 is 2.64 bits per heavy atom. The van der Waals surface area contributed by atoms with E-state index in [0.717, 1.165) is 32.7 Å². The summed E-state index contributed by atoms with van der Waals surface area (Å²) < 4.78 is 16.4. The molecule has 0 aromatic heterocycles. The number of hydrogen-bond donors (Lipinski definition) is 1. The highest BCUT2D eigenvalue weighted by Crippen LogP contribution is 2.42. The topological polar surface area (TPSA) is 89.5 Å². The molecule has 3 rings (SSSR count). The molecule has 33 heavy (non-hydrogen) atoms. The molecule has 2 heterocycles. The zero-order valence-corrected chi connectivity index (χ0v) is 20.2. The van der Waals surface area contributed by atoms with E-state index in [1.54, 1.807) is 26.0 Å². The fourth-order valence-corrected chi connectivity index (χ4v) is 4.54. The summed E-state index contributed by atoms with van der Waals surface area (Å²) in [4.78, 5) is 32.8. The molecule has 0 spiro atoms. The zero-order chi connectivity index (χ0) is 23.8. The molecule has 8 nitrogen and oxygen atoms in total. The number of benzene rings is 1. The van der Waals surface area contributed by atoms with E-state index in [1.165, 1.54) is 7.11 Å². The molecule has 180 valence electrons. The summed E-state index contributed by atoms with van der Waals surface area (Å²) in [5.74, 6) is -2.50. The number of aliphatic imine (C=N–C) groups is 1. The first-order valence-electron chi connectivity index (χ1n) is 11.3. The average molecular weight is 478 g/mol. The molecule has 1 aromatic carbocycles. The Hall–Kier alpha value is -2.26. The van der Waals surface area contributed by atoms with Crippen LogP contribution >= 0.6 is 11.6 Å². The molecular formula is C24H32ClN3O5. The van der Waals surface area contributed by atoms with Crippen LogP contribution < -0.4 is 5.32 Å². The molecule has 0 bridgehead atoms. The molecule has 1 saturated heterocycles. The van der Waals surface area contributed by atoms with Gasteiger partial charge in [-0.2, -0.15) is 0 Å². The SMILES string of the molecule is CCOC(=O)C1=C(COCCN2CCNCC2)N=C(C)C(C(=O)OC)C1c1ccccc1Cl. The van der Waals surface area contributed by atoms with E-state index in [9.17, 15) is 9.59 Å². The lowest BCUT2D eigenvalue weighted by molar-refractivity contribution is -0.144. The number of rotatable bonds is 9. The third-order valence-electron chi connectivity index (χ3n) is 5.91. The predicted molar refractivity (Wildman–Crippen MR) is 127 cm³/mol. The monoisotopic (exact) mass is 477 g/mol. The molecule has 2 aliphatic heterocycles. The van der Waals surface area contributed by atoms with Gasteiger partial charge in [0.2, 0.25) is 0 Å². The quantitative estimate of drug-likeness (QED) is 0.431. The van der Waals surface area contributed by atoms with Crippen molar-refractivity contribution in [2.75, 3.05) is 59.7 Å². The smallest absolute Gasteiger partial charge is 0.336 e. The maximum absolute atomic E-state index is 13.1. The molecule has 2 unspecified atom stereocenters. The Bertz CT molecular complexity index is 911. The van der Waals surface area contributed by atoms with Crippen molar-refractivity contribution in [3.63, 3.8) is 0 Å². The van der Waals surface area contributed by atoms with Gasteiger partial charge in [-0.1, -0.05) is 29.8 Å². The molecular weight excluding hydrogens is 446 g/mol. The van der Waals surface area contributed by atoms with Crippen LogP contribution in [-0.4, -0.2) is 82.2 Å². The molecule has 2 aliphatic rings. The second kappa shape index (κ2) is 12.3. The minimum atomic E-state index is -0.793. The van der Waals surface area contributed by atoms with Crippen LogP contribution in [-0.2, 0) is 23.8 Å². The van der Waals surface area contributed by atoms with Gasteiger partial charge >= 0.3 is 11.9 Å². The van der Waals surface area contributed by atoms with Gasteiger partial charge in [-0.15, -0.1) is 0 Å². The molecule has 1 aromatic rings. The Labute approximate surface area is 199 Å². The predicted octanol–water partition coefficient (Wildman–Crippen LogP) is 2.43. The number of piperazine rings is 1. The summed E-state index contributed by atoms with van der Waals surface area (Å²) in [5, 5.41) is 3.78. The van der Waals surface area contributed by atoms with Crippen LogP contribution in [0.3, 0.4) is 0 Å². The highest BCUT2D eigenvalue weighted by Gasteiger charge is 2.43. The van der Waals surface area contributed by atoms with Crippen molar-refractivity contribution >= 4 is 29.3 Å². The lowest BCUT2D eigenvalue weighted by atomic mass is 9.75. The van der Waals surface area contributed by atoms with Crippen molar-refractivity contribution < 1.29 is 23.8 Å². The number of nitrogens with zero attached hydrogens (tertiary/aromatic N) is 2. The number of halogens is 1. The molecule has 0 amide bonds. The molecule has 0 radical (unpaired) electrons. The van der Waals surface area contributed by atoms with E-state index in [4.69, 9.17) is 25.8 Å². The maximum Gasteiger partial charge on any atom is 0.336 e. The Kier molecular flexibility index (Phi) is 9.43. The number of ether oxygens (including phenoxy) is 3. The second-order valence-corrected chi connectivity index (χ2v) is 8.39. The molecule has 1 fully saturated rings. The number of esters is 2. The van der Waals surface area contributed by atoms with Crippen molar-refractivity contribution in [2.45, 2.75) is 19.8 Å². The lowest BCUT2D eigenvalue weighted by Gasteiger charge is -2.32. The van der Waals surface area contributed by atoms with Gasteiger partial charge < -0.3 is 19.5 Å². The van der Waals surface area contributed by atoms with Crippen LogP contribution in [0.5, 0.6) is 0 Å². The van der Waals surface area contributed by atoms with E-state index in [1.807, 2.05) is 12.1 Å². The summed E-state index contributed by atoms with van der Waals surface area (Å²) >= 11 is 6.52. The third kappa shape index (κ3) is 6.20. The summed E-state index contributed by atoms with van der Waals surface area (Å²) in [6.45, 7) is 9.02. The largest absolute Gasteiger partial charge is 0.468 e.